The molecule has 1 unspecified atom stereocenters. The van der Waals surface area contributed by atoms with Gasteiger partial charge in [0.05, 0.1) is 22.6 Å². The van der Waals surface area contributed by atoms with Gasteiger partial charge in [-0.2, -0.15) is 0 Å². The number of benzene rings is 1. The number of hydrogen-bond acceptors (Lipinski definition) is 4. The van der Waals surface area contributed by atoms with Gasteiger partial charge >= 0.3 is 0 Å². The van der Waals surface area contributed by atoms with E-state index in [4.69, 9.17) is 23.2 Å². The minimum absolute atomic E-state index is 0.0896. The molecule has 6 heteroatoms. The highest BCUT2D eigenvalue weighted by Gasteiger charge is 2.23. The fraction of sp³-hybridized carbons (Fsp3) is 0.111. The molecule has 0 aliphatic heterocycles. The first-order valence-corrected chi connectivity index (χ1v) is 8.90. The lowest BCUT2D eigenvalue weighted by Gasteiger charge is -2.20. The van der Waals surface area contributed by atoms with Crippen molar-refractivity contribution in [1.82, 2.24) is 9.97 Å². The maximum Gasteiger partial charge on any atom is 0.0969 e. The first-order chi connectivity index (χ1) is 11.7. The summed E-state index contributed by atoms with van der Waals surface area (Å²) in [6.45, 7) is -0.0896. The number of halogens is 2. The molecule has 1 aromatic carbocycles. The molecule has 3 nitrogen and oxygen atoms in total. The molecule has 24 heavy (non-hydrogen) atoms. The Morgan fingerprint density at radius 2 is 1.83 bits per heavy atom. The molecule has 2 heterocycles. The molecule has 0 radical (unpaired) electrons. The van der Waals surface area contributed by atoms with Crippen molar-refractivity contribution in [2.45, 2.75) is 16.9 Å². The second kappa shape index (κ2) is 7.99. The van der Waals surface area contributed by atoms with Crippen molar-refractivity contribution < 1.29 is 5.11 Å². The summed E-state index contributed by atoms with van der Waals surface area (Å²) in [4.78, 5) is 8.86. The predicted octanol–water partition coefficient (Wildman–Crippen LogP) is 5.16. The zero-order valence-electron chi connectivity index (χ0n) is 12.6. The van der Waals surface area contributed by atoms with Crippen LogP contribution in [0.15, 0.2) is 66.0 Å². The van der Waals surface area contributed by atoms with Crippen molar-refractivity contribution in [1.29, 1.82) is 0 Å². The van der Waals surface area contributed by atoms with Crippen LogP contribution in [-0.2, 0) is 6.61 Å². The van der Waals surface area contributed by atoms with Gasteiger partial charge < -0.3 is 5.11 Å². The summed E-state index contributed by atoms with van der Waals surface area (Å²) in [5.41, 5.74) is 2.40. The molecule has 0 spiro atoms. The van der Waals surface area contributed by atoms with Crippen LogP contribution in [0.4, 0.5) is 0 Å². The summed E-state index contributed by atoms with van der Waals surface area (Å²) in [6.07, 6.45) is 3.46. The number of pyridine rings is 2. The number of aliphatic hydroxyl groups excluding tert-OH is 1. The number of aliphatic hydroxyl groups is 1. The Balaban J connectivity index is 2.10. The molecule has 2 aromatic heterocycles. The van der Waals surface area contributed by atoms with E-state index >= 15 is 0 Å². The highest BCUT2D eigenvalue weighted by atomic mass is 35.5. The zero-order chi connectivity index (χ0) is 16.9. The minimum atomic E-state index is -0.201. The third-order valence-electron chi connectivity index (χ3n) is 3.47. The van der Waals surface area contributed by atoms with Crippen LogP contribution in [0.5, 0.6) is 0 Å². The van der Waals surface area contributed by atoms with E-state index in [0.29, 0.717) is 10.0 Å². The summed E-state index contributed by atoms with van der Waals surface area (Å²) in [5.74, 6) is 0. The van der Waals surface area contributed by atoms with Gasteiger partial charge in [0.25, 0.3) is 0 Å². The fourth-order valence-corrected chi connectivity index (χ4v) is 4.10. The summed E-state index contributed by atoms with van der Waals surface area (Å²) in [6, 6.07) is 14.8. The zero-order valence-corrected chi connectivity index (χ0v) is 14.9. The number of aromatic nitrogens is 2. The molecule has 0 saturated heterocycles. The van der Waals surface area contributed by atoms with Gasteiger partial charge in [-0.05, 0) is 35.9 Å². The van der Waals surface area contributed by atoms with Gasteiger partial charge in [0.1, 0.15) is 0 Å². The fourth-order valence-electron chi connectivity index (χ4n) is 2.34. The first kappa shape index (κ1) is 17.2. The molecule has 122 valence electrons. The van der Waals surface area contributed by atoms with E-state index < -0.39 is 0 Å². The molecule has 0 aliphatic rings. The number of thioether (sulfide) groups is 1. The van der Waals surface area contributed by atoms with Crippen molar-refractivity contribution >= 4 is 35.0 Å². The molecule has 0 aliphatic carbocycles. The van der Waals surface area contributed by atoms with Gasteiger partial charge in [0.15, 0.2) is 0 Å². The highest BCUT2D eigenvalue weighted by Crippen LogP contribution is 2.43. The predicted molar refractivity (Wildman–Crippen MR) is 98.6 cm³/mol. The Bertz CT molecular complexity index is 830. The lowest BCUT2D eigenvalue weighted by molar-refractivity contribution is 0.280. The molecular weight excluding hydrogens is 363 g/mol. The van der Waals surface area contributed by atoms with Crippen molar-refractivity contribution in [2.75, 3.05) is 0 Å². The van der Waals surface area contributed by atoms with Crippen LogP contribution in [0, 0.1) is 0 Å². The third kappa shape index (κ3) is 3.90. The van der Waals surface area contributed by atoms with Crippen LogP contribution in [0.1, 0.15) is 22.1 Å². The smallest absolute Gasteiger partial charge is 0.0969 e. The van der Waals surface area contributed by atoms with Gasteiger partial charge in [0, 0.05) is 28.0 Å². The second-order valence-electron chi connectivity index (χ2n) is 5.04. The van der Waals surface area contributed by atoms with Gasteiger partial charge in [0.2, 0.25) is 0 Å². The molecular formula is C18H14Cl2N2OS. The van der Waals surface area contributed by atoms with E-state index in [9.17, 15) is 5.11 Å². The van der Waals surface area contributed by atoms with Gasteiger partial charge in [-0.1, -0.05) is 53.2 Å². The molecule has 0 fully saturated rings. The minimum Gasteiger partial charge on any atom is -0.392 e. The van der Waals surface area contributed by atoms with Gasteiger partial charge in [-0.25, -0.2) is 4.98 Å². The molecule has 1 N–H and O–H groups in total. The largest absolute Gasteiger partial charge is 0.392 e. The SMILES string of the molecule is OCc1cccnc1C(Sc1ccccn1)c1ccc(Cl)cc1Cl. The van der Waals surface area contributed by atoms with Crippen molar-refractivity contribution in [3.8, 4) is 0 Å². The van der Waals surface area contributed by atoms with E-state index in [1.807, 2.05) is 30.3 Å². The van der Waals surface area contributed by atoms with E-state index in [1.165, 1.54) is 11.8 Å². The monoisotopic (exact) mass is 376 g/mol. The molecule has 0 bridgehead atoms. The number of hydrogen-bond donors (Lipinski definition) is 1. The molecule has 0 saturated carbocycles. The molecule has 3 aromatic rings. The van der Waals surface area contributed by atoms with Crippen LogP contribution in [0.2, 0.25) is 10.0 Å². The third-order valence-corrected chi connectivity index (χ3v) is 5.22. The molecule has 0 amide bonds. The summed E-state index contributed by atoms with van der Waals surface area (Å²) >= 11 is 14.0. The van der Waals surface area contributed by atoms with E-state index in [1.54, 1.807) is 30.6 Å². The van der Waals surface area contributed by atoms with Gasteiger partial charge in [-0.3, -0.25) is 4.98 Å². The summed E-state index contributed by atoms with van der Waals surface area (Å²) in [5, 5.41) is 11.5. The molecule has 1 atom stereocenters. The van der Waals surface area contributed by atoms with E-state index in [0.717, 1.165) is 21.8 Å². The Hall–Kier alpha value is -1.59. The Kier molecular flexibility index (Phi) is 5.74. The van der Waals surface area contributed by atoms with Crippen LogP contribution in [0.3, 0.4) is 0 Å². The molecule has 3 rings (SSSR count). The summed E-state index contributed by atoms with van der Waals surface area (Å²) in [7, 11) is 0. The maximum atomic E-state index is 9.67. The average molecular weight is 377 g/mol. The van der Waals surface area contributed by atoms with Crippen LogP contribution in [-0.4, -0.2) is 15.1 Å². The standard InChI is InChI=1S/C18H14Cl2N2OS/c19-13-6-7-14(15(20)10-13)18(24-16-5-1-2-8-21-16)17-12(11-23)4-3-9-22-17/h1-10,18,23H,11H2. The van der Waals surface area contributed by atoms with Crippen LogP contribution >= 0.6 is 35.0 Å². The Labute approximate surface area is 154 Å². The van der Waals surface area contributed by atoms with E-state index in [-0.39, 0.29) is 11.9 Å². The van der Waals surface area contributed by atoms with E-state index in [2.05, 4.69) is 9.97 Å². The van der Waals surface area contributed by atoms with Crippen molar-refractivity contribution in [2.24, 2.45) is 0 Å². The van der Waals surface area contributed by atoms with Gasteiger partial charge in [-0.15, -0.1) is 0 Å². The van der Waals surface area contributed by atoms with Crippen molar-refractivity contribution in [3.63, 3.8) is 0 Å². The maximum absolute atomic E-state index is 9.67. The number of nitrogens with zero attached hydrogens (tertiary/aromatic N) is 2. The van der Waals surface area contributed by atoms with Crippen LogP contribution < -0.4 is 0 Å². The first-order valence-electron chi connectivity index (χ1n) is 7.26. The average Bonchev–Trinajstić information content (AvgIpc) is 2.61. The lowest BCUT2D eigenvalue weighted by Crippen LogP contribution is -2.05. The quantitative estimate of drug-likeness (QED) is 0.624. The highest BCUT2D eigenvalue weighted by molar-refractivity contribution is 7.99. The Morgan fingerprint density at radius 3 is 2.54 bits per heavy atom. The lowest BCUT2D eigenvalue weighted by atomic mass is 10.0. The van der Waals surface area contributed by atoms with Crippen LogP contribution in [0.25, 0.3) is 0 Å². The Morgan fingerprint density at radius 1 is 1.00 bits per heavy atom. The number of rotatable bonds is 5. The topological polar surface area (TPSA) is 46.0 Å². The second-order valence-corrected chi connectivity index (χ2v) is 7.01. The normalized spacial score (nSPS) is 12.1. The summed E-state index contributed by atoms with van der Waals surface area (Å²) < 4.78 is 0. The van der Waals surface area contributed by atoms with Crippen molar-refractivity contribution in [3.05, 3.63) is 87.8 Å².